The molecule has 0 saturated carbocycles. The van der Waals surface area contributed by atoms with E-state index in [9.17, 15) is 0 Å². The van der Waals surface area contributed by atoms with Crippen molar-refractivity contribution in [3.05, 3.63) is 66.4 Å². The van der Waals surface area contributed by atoms with Crippen molar-refractivity contribution in [2.45, 2.75) is 26.3 Å². The van der Waals surface area contributed by atoms with Crippen LogP contribution in [0, 0.1) is 5.92 Å². The smallest absolute Gasteiger partial charge is 0.247 e. The normalized spacial score (nSPS) is 14.6. The molecule has 4 rings (SSSR count). The Morgan fingerprint density at radius 3 is 2.48 bits per heavy atom. The van der Waals surface area contributed by atoms with Crippen LogP contribution >= 0.6 is 0 Å². The second kappa shape index (κ2) is 8.90. The molecule has 0 amide bonds. The van der Waals surface area contributed by atoms with Crippen molar-refractivity contribution in [1.29, 1.82) is 0 Å². The minimum atomic E-state index is 0.595. The minimum Gasteiger partial charge on any atom is -0.372 e. The summed E-state index contributed by atoms with van der Waals surface area (Å²) in [7, 11) is 1.97. The highest BCUT2D eigenvalue weighted by molar-refractivity contribution is 5.61. The molecule has 1 N–H and O–H groups in total. The van der Waals surface area contributed by atoms with Crippen LogP contribution in [0.2, 0.25) is 0 Å². The summed E-state index contributed by atoms with van der Waals surface area (Å²) in [5.41, 5.74) is 3.49. The Hall–Kier alpha value is -3.15. The quantitative estimate of drug-likeness (QED) is 0.671. The van der Waals surface area contributed by atoms with Gasteiger partial charge in [0.25, 0.3) is 0 Å². The lowest BCUT2D eigenvalue weighted by atomic mass is 9.99. The van der Waals surface area contributed by atoms with Crippen LogP contribution in [-0.2, 0) is 6.54 Å². The third-order valence-electron chi connectivity index (χ3n) is 5.44. The zero-order valence-corrected chi connectivity index (χ0v) is 17.1. The van der Waals surface area contributed by atoms with E-state index in [2.05, 4.69) is 68.7 Å². The van der Waals surface area contributed by atoms with Gasteiger partial charge in [-0.05, 0) is 48.6 Å². The van der Waals surface area contributed by atoms with Gasteiger partial charge in [-0.1, -0.05) is 37.3 Å². The van der Waals surface area contributed by atoms with Crippen LogP contribution in [0.4, 0.5) is 23.1 Å². The fourth-order valence-electron chi connectivity index (χ4n) is 3.61. The highest BCUT2D eigenvalue weighted by Gasteiger charge is 2.16. The molecule has 1 saturated heterocycles. The van der Waals surface area contributed by atoms with Gasteiger partial charge in [0.2, 0.25) is 5.95 Å². The Kier molecular flexibility index (Phi) is 5.89. The number of hydrogen-bond donors (Lipinski definition) is 1. The summed E-state index contributed by atoms with van der Waals surface area (Å²) in [6.45, 7) is 5.35. The molecular weight excluding hydrogens is 360 g/mol. The molecule has 6 nitrogen and oxygen atoms in total. The highest BCUT2D eigenvalue weighted by Crippen LogP contribution is 2.25. The van der Waals surface area contributed by atoms with E-state index in [1.165, 1.54) is 24.1 Å². The van der Waals surface area contributed by atoms with Gasteiger partial charge in [0.05, 0.1) is 6.20 Å². The average Bonchev–Trinajstić information content (AvgIpc) is 2.76. The maximum atomic E-state index is 4.62. The van der Waals surface area contributed by atoms with Crippen LogP contribution in [0.5, 0.6) is 0 Å². The largest absolute Gasteiger partial charge is 0.372 e. The van der Waals surface area contributed by atoms with E-state index < -0.39 is 0 Å². The first-order valence-electron chi connectivity index (χ1n) is 10.2. The zero-order valence-electron chi connectivity index (χ0n) is 17.1. The summed E-state index contributed by atoms with van der Waals surface area (Å²) in [4.78, 5) is 9.07. The number of nitrogens with zero attached hydrogens (tertiary/aromatic N) is 5. The van der Waals surface area contributed by atoms with Crippen LogP contribution in [0.1, 0.15) is 25.3 Å². The van der Waals surface area contributed by atoms with Crippen LogP contribution in [-0.4, -0.2) is 35.3 Å². The predicted octanol–water partition coefficient (Wildman–Crippen LogP) is 4.49. The van der Waals surface area contributed by atoms with E-state index in [1.54, 1.807) is 6.20 Å². The lowest BCUT2D eigenvalue weighted by Crippen LogP contribution is -2.32. The van der Waals surface area contributed by atoms with Gasteiger partial charge >= 0.3 is 0 Å². The summed E-state index contributed by atoms with van der Waals surface area (Å²) >= 11 is 0. The fraction of sp³-hybridized carbons (Fsp3) is 0.348. The van der Waals surface area contributed by atoms with Crippen LogP contribution < -0.4 is 15.1 Å². The van der Waals surface area contributed by atoms with Crippen LogP contribution in [0.3, 0.4) is 0 Å². The Morgan fingerprint density at radius 2 is 1.76 bits per heavy atom. The number of hydrogen-bond acceptors (Lipinski definition) is 6. The zero-order chi connectivity index (χ0) is 20.1. The van der Waals surface area contributed by atoms with Gasteiger partial charge in [0.15, 0.2) is 5.82 Å². The Morgan fingerprint density at radius 1 is 1.03 bits per heavy atom. The summed E-state index contributed by atoms with van der Waals surface area (Å²) < 4.78 is 0. The van der Waals surface area contributed by atoms with Gasteiger partial charge in [-0.15, -0.1) is 5.10 Å². The monoisotopic (exact) mass is 388 g/mol. The first-order chi connectivity index (χ1) is 14.2. The van der Waals surface area contributed by atoms with Crippen LogP contribution in [0.15, 0.2) is 60.8 Å². The van der Waals surface area contributed by atoms with E-state index in [1.807, 2.05) is 30.1 Å². The molecule has 1 aliphatic heterocycles. The summed E-state index contributed by atoms with van der Waals surface area (Å²) in [6.07, 6.45) is 4.19. The number of benzene rings is 2. The van der Waals surface area contributed by atoms with E-state index >= 15 is 0 Å². The molecule has 0 radical (unpaired) electrons. The third kappa shape index (κ3) is 5.02. The van der Waals surface area contributed by atoms with Crippen molar-refractivity contribution in [2.24, 2.45) is 5.92 Å². The number of aromatic nitrogens is 3. The first kappa shape index (κ1) is 19.2. The van der Waals surface area contributed by atoms with Crippen molar-refractivity contribution >= 4 is 23.1 Å². The molecule has 0 spiro atoms. The SMILES string of the molecule is CC1CCN(c2ccc(Nc3cnnc(N(C)Cc4ccccc4)n3)cc2)CC1. The van der Waals surface area contributed by atoms with E-state index in [4.69, 9.17) is 0 Å². The Labute approximate surface area is 172 Å². The van der Waals surface area contributed by atoms with Crippen molar-refractivity contribution < 1.29 is 0 Å². The lowest BCUT2D eigenvalue weighted by Gasteiger charge is -2.32. The van der Waals surface area contributed by atoms with E-state index in [0.717, 1.165) is 31.2 Å². The average molecular weight is 389 g/mol. The van der Waals surface area contributed by atoms with Crippen molar-refractivity contribution in [2.75, 3.05) is 35.3 Å². The predicted molar refractivity (Wildman–Crippen MR) is 119 cm³/mol. The second-order valence-electron chi connectivity index (χ2n) is 7.82. The van der Waals surface area contributed by atoms with Crippen molar-refractivity contribution in [3.8, 4) is 0 Å². The highest BCUT2D eigenvalue weighted by atomic mass is 15.3. The molecule has 150 valence electrons. The summed E-state index contributed by atoms with van der Waals surface area (Å²) in [5.74, 6) is 2.12. The summed E-state index contributed by atoms with van der Waals surface area (Å²) in [6, 6.07) is 18.8. The molecule has 1 fully saturated rings. The van der Waals surface area contributed by atoms with Gasteiger partial charge in [0, 0.05) is 38.1 Å². The molecule has 6 heteroatoms. The first-order valence-corrected chi connectivity index (χ1v) is 10.2. The van der Waals surface area contributed by atoms with Gasteiger partial charge in [-0.3, -0.25) is 0 Å². The van der Waals surface area contributed by atoms with Crippen LogP contribution in [0.25, 0.3) is 0 Å². The molecule has 29 heavy (non-hydrogen) atoms. The number of piperidine rings is 1. The number of nitrogens with one attached hydrogen (secondary N) is 1. The van der Waals surface area contributed by atoms with Crippen molar-refractivity contribution in [1.82, 2.24) is 15.2 Å². The second-order valence-corrected chi connectivity index (χ2v) is 7.82. The lowest BCUT2D eigenvalue weighted by molar-refractivity contribution is 0.438. The molecule has 1 aliphatic rings. The topological polar surface area (TPSA) is 57.2 Å². The van der Waals surface area contributed by atoms with E-state index in [0.29, 0.717) is 11.8 Å². The molecule has 0 aliphatic carbocycles. The summed E-state index contributed by atoms with van der Waals surface area (Å²) in [5, 5.41) is 11.6. The maximum Gasteiger partial charge on any atom is 0.247 e. The third-order valence-corrected chi connectivity index (χ3v) is 5.44. The maximum absolute atomic E-state index is 4.62. The van der Waals surface area contributed by atoms with Gasteiger partial charge < -0.3 is 15.1 Å². The van der Waals surface area contributed by atoms with Crippen molar-refractivity contribution in [3.63, 3.8) is 0 Å². The number of rotatable bonds is 6. The molecule has 0 atom stereocenters. The fourth-order valence-corrected chi connectivity index (χ4v) is 3.61. The molecule has 0 bridgehead atoms. The number of anilines is 4. The van der Waals surface area contributed by atoms with E-state index in [-0.39, 0.29) is 0 Å². The van der Waals surface area contributed by atoms with Gasteiger partial charge in [-0.25, -0.2) is 0 Å². The molecule has 3 aromatic rings. The molecule has 2 heterocycles. The Bertz CT molecular complexity index is 904. The molecule has 0 unspecified atom stereocenters. The standard InChI is InChI=1S/C23H28N6/c1-18-12-14-29(15-13-18)21-10-8-20(9-11-21)25-22-16-24-27-23(26-22)28(2)17-19-6-4-3-5-7-19/h3-11,16,18H,12-15,17H2,1-2H3,(H,25,26,27). The van der Waals surface area contributed by atoms with Gasteiger partial charge in [-0.2, -0.15) is 10.1 Å². The molecule has 1 aromatic heterocycles. The Balaban J connectivity index is 1.40. The van der Waals surface area contributed by atoms with Gasteiger partial charge in [0.1, 0.15) is 0 Å². The molecular formula is C23H28N6. The minimum absolute atomic E-state index is 0.595. The molecule has 2 aromatic carbocycles.